The van der Waals surface area contributed by atoms with Crippen molar-refractivity contribution in [1.82, 2.24) is 10.2 Å². The number of aliphatic imine (C=N–C) groups is 1. The van der Waals surface area contributed by atoms with Crippen LogP contribution in [0.5, 0.6) is 0 Å². The number of amidine groups is 1. The number of nitrogens with zero attached hydrogens (tertiary/aromatic N) is 2. The number of benzene rings is 1. The first-order valence-electron chi connectivity index (χ1n) is 7.53. The van der Waals surface area contributed by atoms with Gasteiger partial charge in [0.25, 0.3) is 0 Å². The lowest BCUT2D eigenvalue weighted by molar-refractivity contribution is 0.135. The van der Waals surface area contributed by atoms with Gasteiger partial charge in [0.15, 0.2) is 5.17 Å². The minimum atomic E-state index is 0.598. The lowest BCUT2D eigenvalue weighted by Gasteiger charge is -2.38. The van der Waals surface area contributed by atoms with Gasteiger partial charge in [-0.3, -0.25) is 9.89 Å². The highest BCUT2D eigenvalue weighted by atomic mass is 32.2. The Bertz CT molecular complexity index is 460. The van der Waals surface area contributed by atoms with Crippen LogP contribution in [0.1, 0.15) is 25.3 Å². The van der Waals surface area contributed by atoms with Gasteiger partial charge in [0.1, 0.15) is 0 Å². The van der Waals surface area contributed by atoms with Crippen molar-refractivity contribution in [1.29, 1.82) is 0 Å². The quantitative estimate of drug-likeness (QED) is 0.927. The molecule has 20 heavy (non-hydrogen) atoms. The molecule has 2 aliphatic heterocycles. The highest BCUT2D eigenvalue weighted by molar-refractivity contribution is 8.14. The fourth-order valence-electron chi connectivity index (χ4n) is 3.00. The third-order valence-electron chi connectivity index (χ3n) is 4.16. The number of likely N-dealkylation sites (tertiary alicyclic amines) is 1. The zero-order valence-electron chi connectivity index (χ0n) is 12.1. The van der Waals surface area contributed by atoms with E-state index in [1.165, 1.54) is 30.1 Å². The van der Waals surface area contributed by atoms with E-state index in [2.05, 4.69) is 52.5 Å². The Morgan fingerprint density at radius 3 is 2.90 bits per heavy atom. The summed E-state index contributed by atoms with van der Waals surface area (Å²) >= 11 is 1.87. The molecule has 4 heteroatoms. The largest absolute Gasteiger partial charge is 0.362 e. The molecule has 1 aromatic rings. The molecule has 0 amide bonds. The second-order valence-corrected chi connectivity index (χ2v) is 6.79. The minimum absolute atomic E-state index is 0.598. The van der Waals surface area contributed by atoms with Gasteiger partial charge in [0.05, 0.1) is 6.54 Å². The molecule has 0 spiro atoms. The number of thioether (sulfide) groups is 1. The Kier molecular flexibility index (Phi) is 4.63. The van der Waals surface area contributed by atoms with Gasteiger partial charge in [-0.15, -0.1) is 0 Å². The molecular formula is C16H23N3S. The Morgan fingerprint density at radius 2 is 2.20 bits per heavy atom. The molecule has 0 bridgehead atoms. The van der Waals surface area contributed by atoms with E-state index >= 15 is 0 Å². The standard InChI is InChI=1S/C16H23N3S/c1-13-11-15(18-16-17-8-10-20-16)7-9-19(13)12-14-5-3-2-4-6-14/h2-6,13,15H,7-12H2,1H3,(H,17,18). The first-order chi connectivity index (χ1) is 9.81. The van der Waals surface area contributed by atoms with E-state index in [1.54, 1.807) is 0 Å². The van der Waals surface area contributed by atoms with E-state index in [0.29, 0.717) is 12.1 Å². The fourth-order valence-corrected chi connectivity index (χ4v) is 3.81. The number of piperidine rings is 1. The van der Waals surface area contributed by atoms with E-state index in [-0.39, 0.29) is 0 Å². The third-order valence-corrected chi connectivity index (χ3v) is 5.06. The molecule has 1 fully saturated rings. The molecule has 1 N–H and O–H groups in total. The molecule has 2 unspecified atom stereocenters. The van der Waals surface area contributed by atoms with Crippen LogP contribution in [0.2, 0.25) is 0 Å². The average molecular weight is 289 g/mol. The maximum absolute atomic E-state index is 4.50. The summed E-state index contributed by atoms with van der Waals surface area (Å²) in [6.45, 7) is 5.58. The van der Waals surface area contributed by atoms with E-state index in [9.17, 15) is 0 Å². The van der Waals surface area contributed by atoms with Crippen molar-refractivity contribution in [3.05, 3.63) is 35.9 Å². The SMILES string of the molecule is CC1CC(NC2=NCCS2)CCN1Cc1ccccc1. The summed E-state index contributed by atoms with van der Waals surface area (Å²) in [5.74, 6) is 1.14. The molecular weight excluding hydrogens is 266 g/mol. The Labute approximate surface area is 125 Å². The van der Waals surface area contributed by atoms with Crippen LogP contribution in [0.15, 0.2) is 35.3 Å². The van der Waals surface area contributed by atoms with Gasteiger partial charge in [-0.2, -0.15) is 0 Å². The van der Waals surface area contributed by atoms with Gasteiger partial charge in [-0.25, -0.2) is 0 Å². The predicted octanol–water partition coefficient (Wildman–Crippen LogP) is 2.73. The van der Waals surface area contributed by atoms with E-state index in [4.69, 9.17) is 0 Å². The summed E-state index contributed by atoms with van der Waals surface area (Å²) in [6, 6.07) is 12.0. The average Bonchev–Trinajstić information content (AvgIpc) is 2.96. The smallest absolute Gasteiger partial charge is 0.156 e. The molecule has 0 saturated carbocycles. The van der Waals surface area contributed by atoms with E-state index in [0.717, 1.165) is 18.8 Å². The number of hydrogen-bond donors (Lipinski definition) is 1. The molecule has 2 atom stereocenters. The van der Waals surface area contributed by atoms with Gasteiger partial charge < -0.3 is 5.32 Å². The van der Waals surface area contributed by atoms with Crippen LogP contribution in [0, 0.1) is 0 Å². The molecule has 0 radical (unpaired) electrons. The van der Waals surface area contributed by atoms with Crippen LogP contribution >= 0.6 is 11.8 Å². The molecule has 0 aliphatic carbocycles. The summed E-state index contributed by atoms with van der Waals surface area (Å²) < 4.78 is 0. The first-order valence-corrected chi connectivity index (χ1v) is 8.51. The Balaban J connectivity index is 1.51. The molecule has 2 heterocycles. The van der Waals surface area contributed by atoms with E-state index in [1.807, 2.05) is 11.8 Å². The summed E-state index contributed by atoms with van der Waals surface area (Å²) in [4.78, 5) is 7.09. The van der Waals surface area contributed by atoms with Gasteiger partial charge in [0, 0.05) is 30.9 Å². The first kappa shape index (κ1) is 14.0. The molecule has 1 aromatic carbocycles. The minimum Gasteiger partial charge on any atom is -0.362 e. The molecule has 0 aromatic heterocycles. The summed E-state index contributed by atoms with van der Waals surface area (Å²) in [7, 11) is 0. The van der Waals surface area contributed by atoms with Crippen LogP contribution < -0.4 is 5.32 Å². The van der Waals surface area contributed by atoms with Crippen LogP contribution in [0.4, 0.5) is 0 Å². The van der Waals surface area contributed by atoms with Crippen LogP contribution in [-0.4, -0.2) is 41.0 Å². The van der Waals surface area contributed by atoms with Crippen molar-refractivity contribution in [2.75, 3.05) is 18.8 Å². The van der Waals surface area contributed by atoms with Crippen LogP contribution in [-0.2, 0) is 6.54 Å². The highest BCUT2D eigenvalue weighted by Crippen LogP contribution is 2.21. The molecule has 1 saturated heterocycles. The predicted molar refractivity (Wildman–Crippen MR) is 87.2 cm³/mol. The topological polar surface area (TPSA) is 27.6 Å². The van der Waals surface area contributed by atoms with Gasteiger partial charge in [-0.05, 0) is 25.3 Å². The molecule has 3 rings (SSSR count). The van der Waals surface area contributed by atoms with Crippen molar-refractivity contribution < 1.29 is 0 Å². The second-order valence-electron chi connectivity index (χ2n) is 5.71. The van der Waals surface area contributed by atoms with Crippen molar-refractivity contribution in [3.63, 3.8) is 0 Å². The van der Waals surface area contributed by atoms with Crippen molar-refractivity contribution in [2.24, 2.45) is 4.99 Å². The van der Waals surface area contributed by atoms with Gasteiger partial charge in [0.2, 0.25) is 0 Å². The molecule has 3 nitrogen and oxygen atoms in total. The van der Waals surface area contributed by atoms with E-state index < -0.39 is 0 Å². The van der Waals surface area contributed by atoms with Crippen LogP contribution in [0.3, 0.4) is 0 Å². The highest BCUT2D eigenvalue weighted by Gasteiger charge is 2.26. The lowest BCUT2D eigenvalue weighted by atomic mass is 9.98. The maximum Gasteiger partial charge on any atom is 0.156 e. The van der Waals surface area contributed by atoms with Gasteiger partial charge >= 0.3 is 0 Å². The van der Waals surface area contributed by atoms with Crippen molar-refractivity contribution in [3.8, 4) is 0 Å². The number of nitrogens with one attached hydrogen (secondary N) is 1. The number of hydrogen-bond acceptors (Lipinski definition) is 4. The number of rotatable bonds is 3. The van der Waals surface area contributed by atoms with Crippen molar-refractivity contribution in [2.45, 2.75) is 38.4 Å². The molecule has 2 aliphatic rings. The summed E-state index contributed by atoms with van der Waals surface area (Å²) in [5, 5.41) is 4.78. The van der Waals surface area contributed by atoms with Crippen molar-refractivity contribution >= 4 is 16.9 Å². The van der Waals surface area contributed by atoms with Crippen LogP contribution in [0.25, 0.3) is 0 Å². The zero-order valence-corrected chi connectivity index (χ0v) is 12.9. The third kappa shape index (κ3) is 3.55. The maximum atomic E-state index is 4.50. The second kappa shape index (κ2) is 6.64. The monoisotopic (exact) mass is 289 g/mol. The summed E-state index contributed by atoms with van der Waals surface area (Å²) in [5.41, 5.74) is 1.42. The molecule has 108 valence electrons. The Hall–Kier alpha value is -1.00. The zero-order chi connectivity index (χ0) is 13.8. The Morgan fingerprint density at radius 1 is 1.35 bits per heavy atom. The lowest BCUT2D eigenvalue weighted by Crippen LogP contribution is -2.47. The van der Waals surface area contributed by atoms with Gasteiger partial charge in [-0.1, -0.05) is 42.1 Å². The fraction of sp³-hybridized carbons (Fsp3) is 0.562. The normalized spacial score (nSPS) is 27.4. The summed E-state index contributed by atoms with van der Waals surface area (Å²) in [6.07, 6.45) is 2.43.